The first-order valence-electron chi connectivity index (χ1n) is 7.25. The lowest BCUT2D eigenvalue weighted by Crippen LogP contribution is -2.21. The minimum atomic E-state index is 0.0726. The molecule has 0 saturated heterocycles. The van der Waals surface area contributed by atoms with Crippen molar-refractivity contribution >= 4 is 5.69 Å². The molecule has 1 atom stereocenters. The second-order valence-corrected chi connectivity index (χ2v) is 5.23. The Kier molecular flexibility index (Phi) is 4.73. The van der Waals surface area contributed by atoms with E-state index in [-0.39, 0.29) is 11.8 Å². The lowest BCUT2D eigenvalue weighted by atomic mass is 10.0. The Bertz CT molecular complexity index is 593. The topological polar surface area (TPSA) is 32.7 Å². The highest BCUT2D eigenvalue weighted by molar-refractivity contribution is 5.51. The number of ether oxygens (including phenoxy) is 1. The van der Waals surface area contributed by atoms with E-state index < -0.39 is 0 Å². The van der Waals surface area contributed by atoms with Gasteiger partial charge in [-0.2, -0.15) is 0 Å². The summed E-state index contributed by atoms with van der Waals surface area (Å²) in [5.74, 6) is 0.928. The summed E-state index contributed by atoms with van der Waals surface area (Å²) in [5, 5.41) is 10.2. The third-order valence-corrected chi connectivity index (χ3v) is 4.02. The number of phenols is 1. The number of hydrogen-bond donors (Lipinski definition) is 1. The second-order valence-electron chi connectivity index (χ2n) is 5.23. The van der Waals surface area contributed by atoms with Crippen LogP contribution < -0.4 is 9.64 Å². The maximum Gasteiger partial charge on any atom is 0.124 e. The summed E-state index contributed by atoms with van der Waals surface area (Å²) in [6.07, 6.45) is 1.04. The van der Waals surface area contributed by atoms with Crippen molar-refractivity contribution < 1.29 is 9.84 Å². The number of aromatic hydroxyl groups is 1. The average molecular weight is 285 g/mol. The van der Waals surface area contributed by atoms with Crippen molar-refractivity contribution in [1.29, 1.82) is 0 Å². The molecule has 0 saturated carbocycles. The zero-order chi connectivity index (χ0) is 15.4. The maximum atomic E-state index is 10.2. The molecule has 112 valence electrons. The molecule has 0 aliphatic heterocycles. The van der Waals surface area contributed by atoms with Crippen LogP contribution in [0.3, 0.4) is 0 Å². The third-order valence-electron chi connectivity index (χ3n) is 4.02. The van der Waals surface area contributed by atoms with E-state index in [1.54, 1.807) is 13.2 Å². The van der Waals surface area contributed by atoms with Crippen molar-refractivity contribution in [2.45, 2.75) is 26.3 Å². The predicted molar refractivity (Wildman–Crippen MR) is 87.3 cm³/mol. The van der Waals surface area contributed by atoms with Crippen LogP contribution in [0.4, 0.5) is 5.69 Å². The fourth-order valence-corrected chi connectivity index (χ4v) is 2.40. The molecule has 0 amide bonds. The molecule has 3 heteroatoms. The Balaban J connectivity index is 2.23. The van der Waals surface area contributed by atoms with Crippen molar-refractivity contribution in [1.82, 2.24) is 0 Å². The number of nitrogens with zero attached hydrogens (tertiary/aromatic N) is 1. The van der Waals surface area contributed by atoms with Crippen LogP contribution in [-0.4, -0.2) is 19.3 Å². The Morgan fingerprint density at radius 3 is 2.33 bits per heavy atom. The SMILES string of the molecule is CCc1ccc(N(C)C(C)c2ccc(OC)cc2O)cc1. The number of rotatable bonds is 5. The largest absolute Gasteiger partial charge is 0.507 e. The minimum Gasteiger partial charge on any atom is -0.507 e. The highest BCUT2D eigenvalue weighted by atomic mass is 16.5. The summed E-state index contributed by atoms with van der Waals surface area (Å²) in [7, 11) is 3.63. The summed E-state index contributed by atoms with van der Waals surface area (Å²) in [5.41, 5.74) is 3.35. The highest BCUT2D eigenvalue weighted by Crippen LogP contribution is 2.33. The Hall–Kier alpha value is -2.16. The van der Waals surface area contributed by atoms with Crippen molar-refractivity contribution in [2.75, 3.05) is 19.1 Å². The van der Waals surface area contributed by atoms with Gasteiger partial charge in [0.2, 0.25) is 0 Å². The standard InChI is InChI=1S/C18H23NO2/c1-5-14-6-8-15(9-7-14)19(3)13(2)17-11-10-16(21-4)12-18(17)20/h6-13,20H,5H2,1-4H3. The molecule has 2 aromatic rings. The van der Waals surface area contributed by atoms with E-state index in [1.165, 1.54) is 5.56 Å². The van der Waals surface area contributed by atoms with Crippen molar-refractivity contribution in [3.8, 4) is 11.5 Å². The molecule has 0 bridgehead atoms. The molecule has 2 rings (SSSR count). The van der Waals surface area contributed by atoms with Gasteiger partial charge in [-0.3, -0.25) is 0 Å². The molecule has 1 N–H and O–H groups in total. The van der Waals surface area contributed by atoms with E-state index >= 15 is 0 Å². The molecule has 3 nitrogen and oxygen atoms in total. The molecule has 0 heterocycles. The monoisotopic (exact) mass is 285 g/mol. The summed E-state index contributed by atoms with van der Waals surface area (Å²) in [6, 6.07) is 14.0. The normalized spacial score (nSPS) is 12.0. The van der Waals surface area contributed by atoms with Crippen molar-refractivity contribution in [3.63, 3.8) is 0 Å². The highest BCUT2D eigenvalue weighted by Gasteiger charge is 2.16. The molecule has 0 fully saturated rings. The van der Waals surface area contributed by atoms with E-state index in [0.717, 1.165) is 17.7 Å². The van der Waals surface area contributed by atoms with Gasteiger partial charge in [-0.05, 0) is 43.2 Å². The number of hydrogen-bond acceptors (Lipinski definition) is 3. The Morgan fingerprint density at radius 2 is 1.81 bits per heavy atom. The molecule has 0 radical (unpaired) electrons. The fraction of sp³-hybridized carbons (Fsp3) is 0.333. The molecule has 0 aliphatic carbocycles. The zero-order valence-electron chi connectivity index (χ0n) is 13.1. The van der Waals surface area contributed by atoms with Gasteiger partial charge in [-0.1, -0.05) is 19.1 Å². The number of methoxy groups -OCH3 is 1. The molecule has 0 spiro atoms. The first kappa shape index (κ1) is 15.2. The van der Waals surface area contributed by atoms with Crippen LogP contribution in [0, 0.1) is 0 Å². The lowest BCUT2D eigenvalue weighted by Gasteiger charge is -2.28. The first-order valence-corrected chi connectivity index (χ1v) is 7.25. The van der Waals surface area contributed by atoms with Gasteiger partial charge in [0.1, 0.15) is 11.5 Å². The quantitative estimate of drug-likeness (QED) is 0.895. The van der Waals surface area contributed by atoms with E-state index in [4.69, 9.17) is 4.74 Å². The van der Waals surface area contributed by atoms with Gasteiger partial charge in [0.05, 0.1) is 13.2 Å². The third kappa shape index (κ3) is 3.30. The summed E-state index contributed by atoms with van der Waals surface area (Å²) >= 11 is 0. The zero-order valence-corrected chi connectivity index (χ0v) is 13.1. The summed E-state index contributed by atoms with van der Waals surface area (Å²) in [4.78, 5) is 2.15. The van der Waals surface area contributed by atoms with Gasteiger partial charge in [0, 0.05) is 24.4 Å². The van der Waals surface area contributed by atoms with Crippen LogP contribution in [0.15, 0.2) is 42.5 Å². The first-order chi connectivity index (χ1) is 10.1. The van der Waals surface area contributed by atoms with Crippen LogP contribution in [0.25, 0.3) is 0 Å². The fourth-order valence-electron chi connectivity index (χ4n) is 2.40. The molecule has 21 heavy (non-hydrogen) atoms. The van der Waals surface area contributed by atoms with Gasteiger partial charge in [0.25, 0.3) is 0 Å². The van der Waals surface area contributed by atoms with Crippen LogP contribution >= 0.6 is 0 Å². The minimum absolute atomic E-state index is 0.0726. The van der Waals surface area contributed by atoms with Gasteiger partial charge in [-0.15, -0.1) is 0 Å². The van der Waals surface area contributed by atoms with Gasteiger partial charge < -0.3 is 14.7 Å². The number of phenolic OH excluding ortho intramolecular Hbond substituents is 1. The molecule has 0 aliphatic rings. The molecule has 2 aromatic carbocycles. The second kappa shape index (κ2) is 6.53. The van der Waals surface area contributed by atoms with E-state index in [2.05, 4.69) is 43.0 Å². The summed E-state index contributed by atoms with van der Waals surface area (Å²) < 4.78 is 5.13. The molecule has 0 aromatic heterocycles. The van der Waals surface area contributed by atoms with Crippen LogP contribution in [-0.2, 0) is 6.42 Å². The number of benzene rings is 2. The van der Waals surface area contributed by atoms with Crippen molar-refractivity contribution in [2.24, 2.45) is 0 Å². The van der Waals surface area contributed by atoms with Gasteiger partial charge in [-0.25, -0.2) is 0 Å². The number of anilines is 1. The summed E-state index contributed by atoms with van der Waals surface area (Å²) in [6.45, 7) is 4.23. The smallest absolute Gasteiger partial charge is 0.124 e. The van der Waals surface area contributed by atoms with Crippen LogP contribution in [0.1, 0.15) is 31.0 Å². The van der Waals surface area contributed by atoms with E-state index in [0.29, 0.717) is 5.75 Å². The maximum absolute atomic E-state index is 10.2. The van der Waals surface area contributed by atoms with Crippen molar-refractivity contribution in [3.05, 3.63) is 53.6 Å². The number of aryl methyl sites for hydroxylation is 1. The van der Waals surface area contributed by atoms with Gasteiger partial charge in [0.15, 0.2) is 0 Å². The molecular formula is C18H23NO2. The van der Waals surface area contributed by atoms with Gasteiger partial charge >= 0.3 is 0 Å². The predicted octanol–water partition coefficient (Wildman–Crippen LogP) is 4.16. The van der Waals surface area contributed by atoms with E-state index in [1.807, 2.05) is 19.2 Å². The van der Waals surface area contributed by atoms with Crippen LogP contribution in [0.2, 0.25) is 0 Å². The average Bonchev–Trinajstić information content (AvgIpc) is 2.53. The Morgan fingerprint density at radius 1 is 1.14 bits per heavy atom. The Labute approximate surface area is 126 Å². The lowest BCUT2D eigenvalue weighted by molar-refractivity contribution is 0.405. The molecule has 1 unspecified atom stereocenters. The van der Waals surface area contributed by atoms with E-state index in [9.17, 15) is 5.11 Å². The molecular weight excluding hydrogens is 262 g/mol. The van der Waals surface area contributed by atoms with Crippen LogP contribution in [0.5, 0.6) is 11.5 Å².